The fourth-order valence-corrected chi connectivity index (χ4v) is 2.51. The smallest absolute Gasteiger partial charge is 0.242 e. The molecule has 2 atom stereocenters. The maximum Gasteiger partial charge on any atom is 0.242 e. The third-order valence-electron chi connectivity index (χ3n) is 3.52. The minimum atomic E-state index is -0.531. The molecule has 0 saturated carbocycles. The van der Waals surface area contributed by atoms with Crippen LogP contribution in [0.25, 0.3) is 0 Å². The Morgan fingerprint density at radius 1 is 1.55 bits per heavy atom. The highest BCUT2D eigenvalue weighted by Gasteiger charge is 2.35. The molecule has 1 aromatic rings. The summed E-state index contributed by atoms with van der Waals surface area (Å²) in [7, 11) is 1.83. The van der Waals surface area contributed by atoms with Gasteiger partial charge in [0.25, 0.3) is 0 Å². The first kappa shape index (κ1) is 14.5. The Morgan fingerprint density at radius 2 is 2.30 bits per heavy atom. The van der Waals surface area contributed by atoms with Gasteiger partial charge in [0.15, 0.2) is 0 Å². The van der Waals surface area contributed by atoms with Crippen molar-refractivity contribution < 1.29 is 14.7 Å². The summed E-state index contributed by atoms with van der Waals surface area (Å²) >= 11 is 0. The predicted molar refractivity (Wildman–Crippen MR) is 71.7 cm³/mol. The molecule has 110 valence electrons. The van der Waals surface area contributed by atoms with Crippen LogP contribution in [0.4, 0.5) is 0 Å². The molecule has 1 aliphatic rings. The van der Waals surface area contributed by atoms with E-state index in [0.717, 1.165) is 5.56 Å². The number of hydrogen-bond acceptors (Lipinski definition) is 4. The second-order valence-electron chi connectivity index (χ2n) is 5.15. The second-order valence-corrected chi connectivity index (χ2v) is 5.15. The molecule has 2 amide bonds. The highest BCUT2D eigenvalue weighted by atomic mass is 16.3. The lowest BCUT2D eigenvalue weighted by molar-refractivity contribution is -0.133. The van der Waals surface area contributed by atoms with Crippen LogP contribution in [0.2, 0.25) is 0 Å². The Morgan fingerprint density at radius 3 is 2.90 bits per heavy atom. The van der Waals surface area contributed by atoms with Gasteiger partial charge in [0.1, 0.15) is 0 Å². The summed E-state index contributed by atoms with van der Waals surface area (Å²) in [5, 5.41) is 16.6. The monoisotopic (exact) mass is 280 g/mol. The summed E-state index contributed by atoms with van der Waals surface area (Å²) in [6, 6.07) is -0.250. The molecule has 0 aliphatic carbocycles. The lowest BCUT2D eigenvalue weighted by Crippen LogP contribution is -2.45. The van der Waals surface area contributed by atoms with Crippen molar-refractivity contribution in [3.05, 3.63) is 18.0 Å². The summed E-state index contributed by atoms with van der Waals surface area (Å²) in [5.74, 6) is -0.396. The Balaban J connectivity index is 2.00. The van der Waals surface area contributed by atoms with Crippen LogP contribution in [0.15, 0.2) is 12.4 Å². The normalized spacial score (nSPS) is 22.1. The minimum absolute atomic E-state index is 0.0222. The number of amides is 2. The molecule has 0 bridgehead atoms. The molecule has 2 N–H and O–H groups in total. The van der Waals surface area contributed by atoms with Crippen LogP contribution in [0.3, 0.4) is 0 Å². The molecular weight excluding hydrogens is 260 g/mol. The molecule has 20 heavy (non-hydrogen) atoms. The van der Waals surface area contributed by atoms with Gasteiger partial charge in [-0.15, -0.1) is 0 Å². The number of aromatic nitrogens is 2. The number of hydrogen-bond donors (Lipinski definition) is 2. The van der Waals surface area contributed by atoms with Crippen molar-refractivity contribution in [3.63, 3.8) is 0 Å². The average Bonchev–Trinajstić information content (AvgIpc) is 2.95. The number of aliphatic hydroxyl groups excluding tert-OH is 1. The van der Waals surface area contributed by atoms with E-state index >= 15 is 0 Å². The standard InChI is InChI=1S/C13H20N4O3/c1-9(18)14-7-13(20)17-4-3-12(19)11(17)5-10-6-15-16(2)8-10/h6,8,11-12,19H,3-5,7H2,1-2H3,(H,14,18)/t11-,12-/m1/s1. The third-order valence-corrected chi connectivity index (χ3v) is 3.52. The summed E-state index contributed by atoms with van der Waals surface area (Å²) < 4.78 is 1.69. The van der Waals surface area contributed by atoms with Gasteiger partial charge in [-0.2, -0.15) is 5.10 Å². The molecule has 1 fully saturated rings. The molecule has 1 aliphatic heterocycles. The molecule has 0 radical (unpaired) electrons. The van der Waals surface area contributed by atoms with Gasteiger partial charge in [0.05, 0.1) is 24.9 Å². The molecule has 0 spiro atoms. The Labute approximate surface area is 117 Å². The lowest BCUT2D eigenvalue weighted by atomic mass is 10.0. The van der Waals surface area contributed by atoms with Crippen molar-refractivity contribution in [2.45, 2.75) is 31.9 Å². The molecule has 0 unspecified atom stereocenters. The number of nitrogens with one attached hydrogen (secondary N) is 1. The molecular formula is C13H20N4O3. The maximum atomic E-state index is 12.1. The SMILES string of the molecule is CC(=O)NCC(=O)N1CC[C@@H](O)[C@H]1Cc1cnn(C)c1. The van der Waals surface area contributed by atoms with Crippen molar-refractivity contribution in [1.82, 2.24) is 20.0 Å². The van der Waals surface area contributed by atoms with Gasteiger partial charge in [0.2, 0.25) is 11.8 Å². The summed E-state index contributed by atoms with van der Waals surface area (Å²) in [4.78, 5) is 24.6. The predicted octanol–water partition coefficient (Wildman–Crippen LogP) is -0.939. The van der Waals surface area contributed by atoms with Crippen LogP contribution in [0.5, 0.6) is 0 Å². The minimum Gasteiger partial charge on any atom is -0.391 e. The zero-order chi connectivity index (χ0) is 14.7. The Hall–Kier alpha value is -1.89. The van der Waals surface area contributed by atoms with E-state index in [9.17, 15) is 14.7 Å². The van der Waals surface area contributed by atoms with E-state index in [-0.39, 0.29) is 24.4 Å². The number of likely N-dealkylation sites (tertiary alicyclic amines) is 1. The van der Waals surface area contributed by atoms with Crippen LogP contribution in [-0.4, -0.2) is 56.8 Å². The van der Waals surface area contributed by atoms with Gasteiger partial charge in [0, 0.05) is 26.7 Å². The van der Waals surface area contributed by atoms with E-state index in [2.05, 4.69) is 10.4 Å². The molecule has 2 heterocycles. The van der Waals surface area contributed by atoms with Crippen molar-refractivity contribution >= 4 is 11.8 Å². The first-order valence-electron chi connectivity index (χ1n) is 6.67. The first-order valence-corrected chi connectivity index (χ1v) is 6.67. The molecule has 1 saturated heterocycles. The van der Waals surface area contributed by atoms with E-state index < -0.39 is 6.10 Å². The van der Waals surface area contributed by atoms with Crippen molar-refractivity contribution in [3.8, 4) is 0 Å². The second kappa shape index (κ2) is 6.04. The summed E-state index contributed by atoms with van der Waals surface area (Å²) in [6.07, 6.45) is 4.22. The van der Waals surface area contributed by atoms with E-state index in [1.807, 2.05) is 13.2 Å². The molecule has 2 rings (SSSR count). The van der Waals surface area contributed by atoms with Crippen molar-refractivity contribution in [2.24, 2.45) is 7.05 Å². The highest BCUT2D eigenvalue weighted by molar-refractivity contribution is 5.84. The molecule has 0 aromatic carbocycles. The Kier molecular flexibility index (Phi) is 4.39. The Bertz CT molecular complexity index is 500. The number of rotatable bonds is 4. The van der Waals surface area contributed by atoms with Crippen LogP contribution in [0.1, 0.15) is 18.9 Å². The van der Waals surface area contributed by atoms with E-state index in [0.29, 0.717) is 19.4 Å². The highest BCUT2D eigenvalue weighted by Crippen LogP contribution is 2.21. The largest absolute Gasteiger partial charge is 0.391 e. The van der Waals surface area contributed by atoms with E-state index in [4.69, 9.17) is 0 Å². The van der Waals surface area contributed by atoms with Crippen molar-refractivity contribution in [1.29, 1.82) is 0 Å². The van der Waals surface area contributed by atoms with E-state index in [1.165, 1.54) is 6.92 Å². The third kappa shape index (κ3) is 3.36. The summed E-state index contributed by atoms with van der Waals surface area (Å²) in [6.45, 7) is 1.87. The van der Waals surface area contributed by atoms with Gasteiger partial charge in [-0.3, -0.25) is 14.3 Å². The number of carbonyl (C=O) groups excluding carboxylic acids is 2. The fourth-order valence-electron chi connectivity index (χ4n) is 2.51. The zero-order valence-electron chi connectivity index (χ0n) is 11.7. The van der Waals surface area contributed by atoms with Gasteiger partial charge in [-0.05, 0) is 18.4 Å². The van der Waals surface area contributed by atoms with Gasteiger partial charge < -0.3 is 15.3 Å². The number of aliphatic hydroxyl groups is 1. The van der Waals surface area contributed by atoms with E-state index in [1.54, 1.807) is 15.8 Å². The molecule has 7 nitrogen and oxygen atoms in total. The van der Waals surface area contributed by atoms with Crippen molar-refractivity contribution in [2.75, 3.05) is 13.1 Å². The topological polar surface area (TPSA) is 87.5 Å². The summed E-state index contributed by atoms with van der Waals surface area (Å²) in [5.41, 5.74) is 0.982. The number of nitrogens with zero attached hydrogens (tertiary/aromatic N) is 3. The quantitative estimate of drug-likeness (QED) is 0.745. The number of carbonyl (C=O) groups is 2. The first-order chi connectivity index (χ1) is 9.47. The van der Waals surface area contributed by atoms with Crippen LogP contribution >= 0.6 is 0 Å². The van der Waals surface area contributed by atoms with Crippen LogP contribution < -0.4 is 5.32 Å². The number of aryl methyl sites for hydroxylation is 1. The molecule has 1 aromatic heterocycles. The van der Waals surface area contributed by atoms with Gasteiger partial charge in [-0.25, -0.2) is 0 Å². The zero-order valence-corrected chi connectivity index (χ0v) is 11.7. The average molecular weight is 280 g/mol. The lowest BCUT2D eigenvalue weighted by Gasteiger charge is -2.26. The maximum absolute atomic E-state index is 12.1. The fraction of sp³-hybridized carbons (Fsp3) is 0.615. The van der Waals surface area contributed by atoms with Crippen LogP contribution in [-0.2, 0) is 23.1 Å². The van der Waals surface area contributed by atoms with Crippen LogP contribution in [0, 0.1) is 0 Å². The van der Waals surface area contributed by atoms with Gasteiger partial charge >= 0.3 is 0 Å². The molecule has 7 heteroatoms. The van der Waals surface area contributed by atoms with Gasteiger partial charge in [-0.1, -0.05) is 0 Å².